The Balaban J connectivity index is 1.56. The molecule has 1 N–H and O–H groups in total. The van der Waals surface area contributed by atoms with Gasteiger partial charge in [0.1, 0.15) is 11.5 Å². The molecule has 1 aromatic rings. The number of methoxy groups -OCH3 is 2. The summed E-state index contributed by atoms with van der Waals surface area (Å²) in [7, 11) is 3.47. The first kappa shape index (κ1) is 16.3. The standard InChI is InChI=1S/C21H31NO2/c1-19-8-15-9-20(2,12-19)14-21(10-15,13-19)22-11-16-7-17(23-3)5-6-18(16)24-4/h5-7,15,22H,8-14H2,1-4H3. The lowest BCUT2D eigenvalue weighted by molar-refractivity contribution is -0.118. The Labute approximate surface area is 146 Å². The molecule has 24 heavy (non-hydrogen) atoms. The van der Waals surface area contributed by atoms with Crippen LogP contribution in [0.2, 0.25) is 0 Å². The van der Waals surface area contributed by atoms with Crippen molar-refractivity contribution in [3.63, 3.8) is 0 Å². The Hall–Kier alpha value is -1.22. The third-order valence-corrected chi connectivity index (χ3v) is 6.77. The molecule has 5 rings (SSSR count). The molecule has 3 heteroatoms. The van der Waals surface area contributed by atoms with Gasteiger partial charge in [0.05, 0.1) is 14.2 Å². The van der Waals surface area contributed by atoms with Crippen molar-refractivity contribution in [1.29, 1.82) is 0 Å². The molecule has 4 bridgehead atoms. The zero-order valence-electron chi connectivity index (χ0n) is 15.6. The Kier molecular flexibility index (Phi) is 3.65. The fraction of sp³-hybridized carbons (Fsp3) is 0.714. The molecular weight excluding hydrogens is 298 g/mol. The smallest absolute Gasteiger partial charge is 0.123 e. The van der Waals surface area contributed by atoms with Gasteiger partial charge in [0.15, 0.2) is 0 Å². The minimum atomic E-state index is 0.316. The summed E-state index contributed by atoms with van der Waals surface area (Å²) in [6.45, 7) is 5.91. The molecule has 0 aliphatic heterocycles. The first-order chi connectivity index (χ1) is 11.4. The van der Waals surface area contributed by atoms with Crippen LogP contribution in [0.1, 0.15) is 57.9 Å². The summed E-state index contributed by atoms with van der Waals surface area (Å²) in [5.41, 5.74) is 2.60. The predicted octanol–water partition coefficient (Wildman–Crippen LogP) is 4.54. The van der Waals surface area contributed by atoms with E-state index in [0.29, 0.717) is 16.4 Å². The maximum Gasteiger partial charge on any atom is 0.123 e. The third-order valence-electron chi connectivity index (χ3n) is 6.77. The molecule has 3 nitrogen and oxygen atoms in total. The van der Waals surface area contributed by atoms with Crippen molar-refractivity contribution in [3.8, 4) is 11.5 Å². The van der Waals surface area contributed by atoms with Crippen LogP contribution >= 0.6 is 0 Å². The van der Waals surface area contributed by atoms with Crippen molar-refractivity contribution in [3.05, 3.63) is 23.8 Å². The van der Waals surface area contributed by atoms with E-state index in [1.54, 1.807) is 14.2 Å². The van der Waals surface area contributed by atoms with Gasteiger partial charge in [-0.2, -0.15) is 0 Å². The van der Waals surface area contributed by atoms with E-state index in [2.05, 4.69) is 25.2 Å². The molecule has 0 radical (unpaired) electrons. The minimum Gasteiger partial charge on any atom is -0.497 e. The average Bonchev–Trinajstić information content (AvgIpc) is 2.49. The quantitative estimate of drug-likeness (QED) is 0.860. The van der Waals surface area contributed by atoms with Gasteiger partial charge < -0.3 is 14.8 Å². The van der Waals surface area contributed by atoms with Crippen molar-refractivity contribution < 1.29 is 9.47 Å². The molecule has 1 aromatic carbocycles. The lowest BCUT2D eigenvalue weighted by Crippen LogP contribution is -2.63. The van der Waals surface area contributed by atoms with Crippen LogP contribution in [0.4, 0.5) is 0 Å². The summed E-state index contributed by atoms with van der Waals surface area (Å²) in [5.74, 6) is 2.76. The van der Waals surface area contributed by atoms with Crippen LogP contribution < -0.4 is 14.8 Å². The second-order valence-electron chi connectivity index (χ2n) is 9.44. The zero-order chi connectivity index (χ0) is 17.0. The predicted molar refractivity (Wildman–Crippen MR) is 96.5 cm³/mol. The fourth-order valence-electron chi connectivity index (χ4n) is 6.95. The number of benzene rings is 1. The van der Waals surface area contributed by atoms with Gasteiger partial charge in [-0.05, 0) is 73.5 Å². The molecule has 0 spiro atoms. The summed E-state index contributed by atoms with van der Waals surface area (Å²) in [6, 6.07) is 6.09. The highest BCUT2D eigenvalue weighted by Gasteiger charge is 2.59. The molecule has 0 heterocycles. The average molecular weight is 329 g/mol. The summed E-state index contributed by atoms with van der Waals surface area (Å²) in [5, 5.41) is 3.98. The minimum absolute atomic E-state index is 0.316. The largest absolute Gasteiger partial charge is 0.497 e. The molecule has 2 atom stereocenters. The molecule has 132 valence electrons. The molecule has 0 amide bonds. The van der Waals surface area contributed by atoms with Gasteiger partial charge in [-0.25, -0.2) is 0 Å². The second-order valence-corrected chi connectivity index (χ2v) is 9.44. The number of hydrogen-bond acceptors (Lipinski definition) is 3. The summed E-state index contributed by atoms with van der Waals surface area (Å²) >= 11 is 0. The van der Waals surface area contributed by atoms with Crippen LogP contribution in [0.5, 0.6) is 11.5 Å². The topological polar surface area (TPSA) is 30.5 Å². The fourth-order valence-corrected chi connectivity index (χ4v) is 6.95. The zero-order valence-corrected chi connectivity index (χ0v) is 15.6. The van der Waals surface area contributed by atoms with E-state index in [-0.39, 0.29) is 0 Å². The number of hydrogen-bond donors (Lipinski definition) is 1. The lowest BCUT2D eigenvalue weighted by Gasteiger charge is -2.65. The van der Waals surface area contributed by atoms with Gasteiger partial charge >= 0.3 is 0 Å². The summed E-state index contributed by atoms with van der Waals surface area (Å²) in [6.07, 6.45) is 8.31. The Morgan fingerprint density at radius 2 is 1.71 bits per heavy atom. The van der Waals surface area contributed by atoms with E-state index in [1.165, 1.54) is 44.1 Å². The first-order valence-corrected chi connectivity index (χ1v) is 9.33. The molecular formula is C21H31NO2. The van der Waals surface area contributed by atoms with Crippen LogP contribution in [0.25, 0.3) is 0 Å². The van der Waals surface area contributed by atoms with E-state index >= 15 is 0 Å². The van der Waals surface area contributed by atoms with E-state index in [1.807, 2.05) is 12.1 Å². The van der Waals surface area contributed by atoms with Crippen molar-refractivity contribution in [2.24, 2.45) is 16.7 Å². The maximum absolute atomic E-state index is 5.56. The molecule has 4 aliphatic rings. The Morgan fingerprint density at radius 3 is 2.29 bits per heavy atom. The van der Waals surface area contributed by atoms with Gasteiger partial charge in [-0.1, -0.05) is 13.8 Å². The van der Waals surface area contributed by atoms with Crippen LogP contribution in [0, 0.1) is 16.7 Å². The maximum atomic E-state index is 5.56. The molecule has 0 aromatic heterocycles. The third kappa shape index (κ3) is 2.71. The summed E-state index contributed by atoms with van der Waals surface area (Å²) < 4.78 is 11.0. The van der Waals surface area contributed by atoms with E-state index < -0.39 is 0 Å². The second kappa shape index (κ2) is 5.39. The van der Waals surface area contributed by atoms with Gasteiger partial charge in [0, 0.05) is 17.6 Å². The molecule has 4 saturated carbocycles. The van der Waals surface area contributed by atoms with Gasteiger partial charge in [-0.3, -0.25) is 0 Å². The van der Waals surface area contributed by atoms with Gasteiger partial charge in [0.2, 0.25) is 0 Å². The van der Waals surface area contributed by atoms with Crippen LogP contribution in [0.3, 0.4) is 0 Å². The monoisotopic (exact) mass is 329 g/mol. The Morgan fingerprint density at radius 1 is 1.00 bits per heavy atom. The normalized spacial score (nSPS) is 39.9. The van der Waals surface area contributed by atoms with Crippen molar-refractivity contribution in [2.45, 2.75) is 64.5 Å². The molecule has 4 fully saturated rings. The van der Waals surface area contributed by atoms with E-state index in [0.717, 1.165) is 24.0 Å². The van der Waals surface area contributed by atoms with Crippen LogP contribution in [-0.4, -0.2) is 19.8 Å². The lowest BCUT2D eigenvalue weighted by atomic mass is 9.43. The number of nitrogens with one attached hydrogen (secondary N) is 1. The molecule has 0 saturated heterocycles. The van der Waals surface area contributed by atoms with Crippen LogP contribution in [-0.2, 0) is 6.54 Å². The SMILES string of the molecule is COc1ccc(OC)c(CNC23CC4CC(C)(CC(C)(C4)C2)C3)c1. The van der Waals surface area contributed by atoms with Crippen LogP contribution in [0.15, 0.2) is 18.2 Å². The van der Waals surface area contributed by atoms with Crippen molar-refractivity contribution >= 4 is 0 Å². The van der Waals surface area contributed by atoms with Crippen molar-refractivity contribution in [2.75, 3.05) is 14.2 Å². The Bertz CT molecular complexity index is 623. The highest BCUT2D eigenvalue weighted by Crippen LogP contribution is 2.66. The highest BCUT2D eigenvalue weighted by atomic mass is 16.5. The molecule has 2 unspecified atom stereocenters. The number of ether oxygens (including phenoxy) is 2. The van der Waals surface area contributed by atoms with Gasteiger partial charge in [0.25, 0.3) is 0 Å². The van der Waals surface area contributed by atoms with Gasteiger partial charge in [-0.15, -0.1) is 0 Å². The molecule has 4 aliphatic carbocycles. The first-order valence-electron chi connectivity index (χ1n) is 9.33. The number of rotatable bonds is 5. The highest BCUT2D eigenvalue weighted by molar-refractivity contribution is 5.40. The summed E-state index contributed by atoms with van der Waals surface area (Å²) in [4.78, 5) is 0. The van der Waals surface area contributed by atoms with Crippen molar-refractivity contribution in [1.82, 2.24) is 5.32 Å². The van der Waals surface area contributed by atoms with E-state index in [4.69, 9.17) is 9.47 Å². The van der Waals surface area contributed by atoms with E-state index in [9.17, 15) is 0 Å².